The molecule has 0 bridgehead atoms. The third-order valence-electron chi connectivity index (χ3n) is 3.27. The van der Waals surface area contributed by atoms with Gasteiger partial charge in [0.25, 0.3) is 5.56 Å². The molecular weight excluding hydrogens is 322 g/mol. The summed E-state index contributed by atoms with van der Waals surface area (Å²) in [6.45, 7) is 2.43. The van der Waals surface area contributed by atoms with Gasteiger partial charge in [-0.2, -0.15) is 0 Å². The second-order valence-electron chi connectivity index (χ2n) is 4.69. The zero-order valence-electron chi connectivity index (χ0n) is 11.6. The number of hydrogen-bond donors (Lipinski definition) is 1. The third kappa shape index (κ3) is 2.85. The molecule has 20 heavy (non-hydrogen) atoms. The highest BCUT2D eigenvalue weighted by atomic mass is 79.9. The van der Waals surface area contributed by atoms with E-state index >= 15 is 0 Å². The van der Waals surface area contributed by atoms with E-state index in [-0.39, 0.29) is 11.2 Å². The maximum atomic E-state index is 11.8. The summed E-state index contributed by atoms with van der Waals surface area (Å²) in [5, 5.41) is 3.21. The number of halogens is 1. The molecule has 106 valence electrons. The van der Waals surface area contributed by atoms with Crippen LogP contribution in [0.4, 0.5) is 5.69 Å². The molecule has 0 amide bonds. The van der Waals surface area contributed by atoms with Gasteiger partial charge in [-0.3, -0.25) is 13.9 Å². The van der Waals surface area contributed by atoms with Crippen LogP contribution in [0.3, 0.4) is 0 Å². The average Bonchev–Trinajstić information content (AvgIpc) is 2.42. The summed E-state index contributed by atoms with van der Waals surface area (Å²) in [7, 11) is 3.13. The monoisotopic (exact) mass is 337 g/mol. The van der Waals surface area contributed by atoms with Gasteiger partial charge in [0.15, 0.2) is 0 Å². The van der Waals surface area contributed by atoms with Crippen molar-refractivity contribution >= 4 is 21.6 Å². The lowest BCUT2D eigenvalue weighted by molar-refractivity contribution is 0.655. The molecular formula is C14H16BrN3O2. The van der Waals surface area contributed by atoms with Crippen LogP contribution in [-0.4, -0.2) is 9.13 Å². The minimum Gasteiger partial charge on any atom is -0.379 e. The Bertz CT molecular complexity index is 762. The molecule has 0 atom stereocenters. The van der Waals surface area contributed by atoms with Crippen molar-refractivity contribution in [3.05, 3.63) is 60.8 Å². The molecule has 1 N–H and O–H groups in total. The van der Waals surface area contributed by atoms with E-state index in [1.807, 2.05) is 25.1 Å². The number of aromatic nitrogens is 2. The number of nitrogens with one attached hydrogen (secondary N) is 1. The van der Waals surface area contributed by atoms with Crippen LogP contribution in [0.15, 0.2) is 38.3 Å². The highest BCUT2D eigenvalue weighted by Gasteiger charge is 2.06. The maximum Gasteiger partial charge on any atom is 0.330 e. The van der Waals surface area contributed by atoms with Crippen LogP contribution < -0.4 is 16.6 Å². The van der Waals surface area contributed by atoms with Gasteiger partial charge >= 0.3 is 5.69 Å². The Labute approximate surface area is 125 Å². The van der Waals surface area contributed by atoms with Crippen LogP contribution >= 0.6 is 15.9 Å². The Hall–Kier alpha value is -1.82. The summed E-state index contributed by atoms with van der Waals surface area (Å²) in [5.41, 5.74) is 2.11. The normalized spacial score (nSPS) is 10.6. The SMILES string of the molecule is Cc1ccc(NCc2cc(=O)n(C)c(=O)n2C)cc1Br. The van der Waals surface area contributed by atoms with Gasteiger partial charge in [-0.15, -0.1) is 0 Å². The lowest BCUT2D eigenvalue weighted by atomic mass is 10.2. The molecule has 0 saturated heterocycles. The van der Waals surface area contributed by atoms with Crippen molar-refractivity contribution < 1.29 is 0 Å². The van der Waals surface area contributed by atoms with Crippen LogP contribution in [0, 0.1) is 6.92 Å². The molecule has 1 heterocycles. The number of rotatable bonds is 3. The van der Waals surface area contributed by atoms with Crippen LogP contribution in [0.1, 0.15) is 11.3 Å². The van der Waals surface area contributed by atoms with Crippen molar-refractivity contribution in [1.29, 1.82) is 0 Å². The van der Waals surface area contributed by atoms with E-state index in [4.69, 9.17) is 0 Å². The van der Waals surface area contributed by atoms with Crippen molar-refractivity contribution in [1.82, 2.24) is 9.13 Å². The Kier molecular flexibility index (Phi) is 4.13. The Balaban J connectivity index is 2.25. The minimum absolute atomic E-state index is 0.296. The van der Waals surface area contributed by atoms with Gasteiger partial charge in [0, 0.05) is 36.0 Å². The van der Waals surface area contributed by atoms with Gasteiger partial charge in [0.05, 0.1) is 6.54 Å². The lowest BCUT2D eigenvalue weighted by Gasteiger charge is -2.12. The topological polar surface area (TPSA) is 56.0 Å². The molecule has 0 spiro atoms. The van der Waals surface area contributed by atoms with Crippen LogP contribution in [0.5, 0.6) is 0 Å². The molecule has 0 aliphatic heterocycles. The summed E-state index contributed by atoms with van der Waals surface area (Å²) in [6.07, 6.45) is 0. The van der Waals surface area contributed by atoms with Crippen molar-refractivity contribution in [3.8, 4) is 0 Å². The molecule has 0 unspecified atom stereocenters. The van der Waals surface area contributed by atoms with Crippen LogP contribution in [0.2, 0.25) is 0 Å². The molecule has 0 aliphatic carbocycles. The largest absolute Gasteiger partial charge is 0.379 e. The second-order valence-corrected chi connectivity index (χ2v) is 5.55. The molecule has 0 fully saturated rings. The van der Waals surface area contributed by atoms with Gasteiger partial charge in [-0.25, -0.2) is 4.79 Å². The van der Waals surface area contributed by atoms with Crippen molar-refractivity contribution in [2.45, 2.75) is 13.5 Å². The molecule has 6 heteroatoms. The second kappa shape index (κ2) is 5.66. The maximum absolute atomic E-state index is 11.8. The van der Waals surface area contributed by atoms with Crippen molar-refractivity contribution in [2.24, 2.45) is 14.1 Å². The fraction of sp³-hybridized carbons (Fsp3) is 0.286. The van der Waals surface area contributed by atoms with Gasteiger partial charge in [0.1, 0.15) is 0 Å². The van der Waals surface area contributed by atoms with E-state index in [9.17, 15) is 9.59 Å². The number of hydrogen-bond acceptors (Lipinski definition) is 3. The molecule has 2 aromatic rings. The van der Waals surface area contributed by atoms with Crippen molar-refractivity contribution in [3.63, 3.8) is 0 Å². The summed E-state index contributed by atoms with van der Waals surface area (Å²) in [5.74, 6) is 0. The fourth-order valence-corrected chi connectivity index (χ4v) is 2.22. The molecule has 2 rings (SSSR count). The highest BCUT2D eigenvalue weighted by molar-refractivity contribution is 9.10. The summed E-state index contributed by atoms with van der Waals surface area (Å²) in [4.78, 5) is 23.4. The summed E-state index contributed by atoms with van der Waals surface area (Å²) < 4.78 is 3.57. The quantitative estimate of drug-likeness (QED) is 0.928. The third-order valence-corrected chi connectivity index (χ3v) is 4.13. The average molecular weight is 338 g/mol. The highest BCUT2D eigenvalue weighted by Crippen LogP contribution is 2.20. The van der Waals surface area contributed by atoms with E-state index in [1.54, 1.807) is 7.05 Å². The van der Waals surface area contributed by atoms with E-state index in [0.717, 1.165) is 20.3 Å². The van der Waals surface area contributed by atoms with E-state index < -0.39 is 0 Å². The van der Waals surface area contributed by atoms with Gasteiger partial charge in [0.2, 0.25) is 0 Å². The number of benzene rings is 1. The smallest absolute Gasteiger partial charge is 0.330 e. The molecule has 0 saturated carbocycles. The van der Waals surface area contributed by atoms with Crippen LogP contribution in [0.25, 0.3) is 0 Å². The van der Waals surface area contributed by atoms with Gasteiger partial charge < -0.3 is 5.32 Å². The summed E-state index contributed by atoms with van der Waals surface area (Å²) in [6, 6.07) is 7.39. The molecule has 0 aliphatic rings. The Morgan fingerprint density at radius 1 is 1.15 bits per heavy atom. The van der Waals surface area contributed by atoms with Gasteiger partial charge in [-0.1, -0.05) is 22.0 Å². The first kappa shape index (κ1) is 14.6. The standard InChI is InChI=1S/C14H16BrN3O2/c1-9-4-5-10(6-12(9)15)16-8-11-7-13(19)18(3)14(20)17(11)2/h4-7,16H,8H2,1-3H3. The Morgan fingerprint density at radius 2 is 1.85 bits per heavy atom. The van der Waals surface area contributed by atoms with Crippen LogP contribution in [-0.2, 0) is 20.6 Å². The van der Waals surface area contributed by atoms with E-state index in [2.05, 4.69) is 21.2 Å². The zero-order valence-corrected chi connectivity index (χ0v) is 13.2. The summed E-state index contributed by atoms with van der Waals surface area (Å²) >= 11 is 3.47. The van der Waals surface area contributed by atoms with E-state index in [1.165, 1.54) is 17.7 Å². The zero-order chi connectivity index (χ0) is 14.9. The molecule has 1 aromatic carbocycles. The first-order valence-corrected chi connectivity index (χ1v) is 6.95. The minimum atomic E-state index is -0.320. The Morgan fingerprint density at radius 3 is 2.50 bits per heavy atom. The number of anilines is 1. The number of nitrogens with zero attached hydrogens (tertiary/aromatic N) is 2. The molecule has 1 aromatic heterocycles. The lowest BCUT2D eigenvalue weighted by Crippen LogP contribution is -2.38. The predicted octanol–water partition coefficient (Wildman–Crippen LogP) is 1.77. The molecule has 5 nitrogen and oxygen atoms in total. The number of aryl methyl sites for hydroxylation is 1. The predicted molar refractivity (Wildman–Crippen MR) is 83.1 cm³/mol. The molecule has 0 radical (unpaired) electrons. The van der Waals surface area contributed by atoms with E-state index in [0.29, 0.717) is 12.2 Å². The first-order chi connectivity index (χ1) is 9.40. The fourth-order valence-electron chi connectivity index (χ4n) is 1.84. The van der Waals surface area contributed by atoms with Gasteiger partial charge in [-0.05, 0) is 24.6 Å². The van der Waals surface area contributed by atoms with Crippen molar-refractivity contribution in [2.75, 3.05) is 5.32 Å². The first-order valence-electron chi connectivity index (χ1n) is 6.16.